The Balaban J connectivity index is 1.17. The Morgan fingerprint density at radius 1 is 0.880 bits per heavy atom. The van der Waals surface area contributed by atoms with E-state index in [9.17, 15) is 9.59 Å². The van der Waals surface area contributed by atoms with Gasteiger partial charge in [0.15, 0.2) is 0 Å². The maximum atomic E-state index is 13.4. The number of carbonyl (C=O) groups is 2. The van der Waals surface area contributed by atoms with Crippen molar-refractivity contribution >= 4 is 11.8 Å². The molecule has 138 valence electrons. The summed E-state index contributed by atoms with van der Waals surface area (Å²) in [6, 6.07) is 0.437. The lowest BCUT2D eigenvalue weighted by Crippen LogP contribution is -2.58. The molecule has 1 aliphatic heterocycles. The molecular weight excluding hydrogens is 314 g/mol. The van der Waals surface area contributed by atoms with Crippen LogP contribution in [0.5, 0.6) is 0 Å². The average molecular weight is 345 g/mol. The van der Waals surface area contributed by atoms with Gasteiger partial charge in [-0.3, -0.25) is 14.5 Å². The fourth-order valence-electron chi connectivity index (χ4n) is 6.52. The minimum absolute atomic E-state index is 0.0136. The quantitative estimate of drug-likeness (QED) is 0.842. The molecule has 1 N–H and O–H groups in total. The molecule has 0 aromatic rings. The van der Waals surface area contributed by atoms with Gasteiger partial charge in [0.2, 0.25) is 11.8 Å². The average Bonchev–Trinajstić information content (AvgIpc) is 3.37. The first-order chi connectivity index (χ1) is 12.1. The monoisotopic (exact) mass is 345 g/mol. The molecule has 4 bridgehead atoms. The topological polar surface area (TPSA) is 52.7 Å². The number of carbonyl (C=O) groups excluding carboxylic acids is 2. The maximum Gasteiger partial charge on any atom is 0.234 e. The van der Waals surface area contributed by atoms with Crippen LogP contribution in [0, 0.1) is 23.2 Å². The fraction of sp³-hybridized carbons (Fsp3) is 0.900. The van der Waals surface area contributed by atoms with Crippen LogP contribution in [-0.4, -0.2) is 60.4 Å². The number of rotatable bonds is 4. The van der Waals surface area contributed by atoms with Gasteiger partial charge in [0, 0.05) is 32.2 Å². The summed E-state index contributed by atoms with van der Waals surface area (Å²) in [4.78, 5) is 29.7. The van der Waals surface area contributed by atoms with Crippen LogP contribution in [-0.2, 0) is 9.59 Å². The summed E-state index contributed by atoms with van der Waals surface area (Å²) < 4.78 is 0. The van der Waals surface area contributed by atoms with E-state index < -0.39 is 0 Å². The minimum Gasteiger partial charge on any atom is -0.352 e. The third-order valence-electron chi connectivity index (χ3n) is 7.46. The van der Waals surface area contributed by atoms with Crippen LogP contribution in [0.25, 0.3) is 0 Å². The molecule has 0 atom stereocenters. The molecule has 2 amide bonds. The first-order valence-corrected chi connectivity index (χ1v) is 10.4. The third-order valence-corrected chi connectivity index (χ3v) is 7.46. The molecule has 5 aliphatic carbocycles. The molecule has 1 heterocycles. The zero-order valence-corrected chi connectivity index (χ0v) is 15.2. The molecule has 5 saturated carbocycles. The SMILES string of the molecule is O=C(CN1CCN(C(=O)C23CC4CC(CC(C4)C2)C3)CC1)NC1CC1. The Labute approximate surface area is 150 Å². The zero-order valence-electron chi connectivity index (χ0n) is 15.2. The predicted octanol–water partition coefficient (Wildman–Crippen LogP) is 1.63. The standard InChI is InChI=1S/C20H31N3O2/c24-18(21-17-1-2-17)13-22-3-5-23(6-4-22)19(25)20-10-14-7-15(11-20)9-16(8-14)12-20/h14-17H,1-13H2,(H,21,24). The summed E-state index contributed by atoms with van der Waals surface area (Å²) in [6.45, 7) is 3.79. The molecule has 0 aromatic heterocycles. The third kappa shape index (κ3) is 3.09. The maximum absolute atomic E-state index is 13.4. The van der Waals surface area contributed by atoms with Gasteiger partial charge in [0.1, 0.15) is 0 Å². The predicted molar refractivity (Wildman–Crippen MR) is 94.8 cm³/mol. The highest BCUT2D eigenvalue weighted by molar-refractivity contribution is 5.83. The van der Waals surface area contributed by atoms with Gasteiger partial charge in [-0.25, -0.2) is 0 Å². The van der Waals surface area contributed by atoms with Gasteiger partial charge in [0.25, 0.3) is 0 Å². The largest absolute Gasteiger partial charge is 0.352 e. The van der Waals surface area contributed by atoms with E-state index in [4.69, 9.17) is 0 Å². The van der Waals surface area contributed by atoms with Crippen LogP contribution in [0.1, 0.15) is 51.4 Å². The van der Waals surface area contributed by atoms with Crippen LogP contribution >= 0.6 is 0 Å². The van der Waals surface area contributed by atoms with Crippen LogP contribution in [0.4, 0.5) is 0 Å². The molecule has 5 nitrogen and oxygen atoms in total. The highest BCUT2D eigenvalue weighted by atomic mass is 16.2. The van der Waals surface area contributed by atoms with Crippen molar-refractivity contribution in [3.8, 4) is 0 Å². The normalized spacial score (nSPS) is 40.3. The lowest BCUT2D eigenvalue weighted by molar-refractivity contribution is -0.159. The molecule has 5 heteroatoms. The molecule has 6 rings (SSSR count). The number of nitrogens with zero attached hydrogens (tertiary/aromatic N) is 2. The van der Waals surface area contributed by atoms with Gasteiger partial charge in [-0.15, -0.1) is 0 Å². The van der Waals surface area contributed by atoms with Crippen molar-refractivity contribution in [3.05, 3.63) is 0 Å². The molecule has 0 aromatic carbocycles. The van der Waals surface area contributed by atoms with E-state index in [0.29, 0.717) is 18.5 Å². The highest BCUT2D eigenvalue weighted by Gasteiger charge is 2.55. The van der Waals surface area contributed by atoms with Gasteiger partial charge in [-0.05, 0) is 69.1 Å². The van der Waals surface area contributed by atoms with Crippen molar-refractivity contribution < 1.29 is 9.59 Å². The van der Waals surface area contributed by atoms with Crippen LogP contribution in [0.3, 0.4) is 0 Å². The first-order valence-electron chi connectivity index (χ1n) is 10.4. The molecule has 6 aliphatic rings. The van der Waals surface area contributed by atoms with Crippen LogP contribution < -0.4 is 5.32 Å². The summed E-state index contributed by atoms with van der Waals surface area (Å²) in [5, 5.41) is 3.06. The molecule has 1 saturated heterocycles. The molecular formula is C20H31N3O2. The van der Waals surface area contributed by atoms with E-state index in [0.717, 1.165) is 76.0 Å². The number of amides is 2. The molecule has 0 radical (unpaired) electrons. The van der Waals surface area contributed by atoms with E-state index in [1.165, 1.54) is 19.3 Å². The van der Waals surface area contributed by atoms with Crippen molar-refractivity contribution in [2.45, 2.75) is 57.4 Å². The highest BCUT2D eigenvalue weighted by Crippen LogP contribution is 2.60. The van der Waals surface area contributed by atoms with E-state index >= 15 is 0 Å². The Morgan fingerprint density at radius 2 is 1.44 bits per heavy atom. The second kappa shape index (κ2) is 5.97. The fourth-order valence-corrected chi connectivity index (χ4v) is 6.52. The Kier molecular flexibility index (Phi) is 3.84. The first kappa shape index (κ1) is 16.1. The van der Waals surface area contributed by atoms with Crippen molar-refractivity contribution in [2.24, 2.45) is 23.2 Å². The van der Waals surface area contributed by atoms with Gasteiger partial charge >= 0.3 is 0 Å². The lowest BCUT2D eigenvalue weighted by Gasteiger charge is -2.57. The zero-order chi connectivity index (χ0) is 17.0. The summed E-state index contributed by atoms with van der Waals surface area (Å²) in [6.07, 6.45) is 9.90. The Morgan fingerprint density at radius 3 is 1.96 bits per heavy atom. The van der Waals surface area contributed by atoms with Gasteiger partial charge in [-0.2, -0.15) is 0 Å². The van der Waals surface area contributed by atoms with E-state index in [1.807, 2.05) is 0 Å². The molecule has 6 fully saturated rings. The van der Waals surface area contributed by atoms with Gasteiger partial charge in [-0.1, -0.05) is 0 Å². The summed E-state index contributed by atoms with van der Waals surface area (Å²) >= 11 is 0. The Hall–Kier alpha value is -1.10. The lowest BCUT2D eigenvalue weighted by atomic mass is 9.49. The molecule has 0 unspecified atom stereocenters. The Bertz CT molecular complexity index is 528. The van der Waals surface area contributed by atoms with Gasteiger partial charge < -0.3 is 10.2 Å². The van der Waals surface area contributed by atoms with Crippen molar-refractivity contribution in [1.29, 1.82) is 0 Å². The van der Waals surface area contributed by atoms with E-state index in [-0.39, 0.29) is 11.3 Å². The van der Waals surface area contributed by atoms with Gasteiger partial charge in [0.05, 0.1) is 12.0 Å². The van der Waals surface area contributed by atoms with Crippen molar-refractivity contribution in [1.82, 2.24) is 15.1 Å². The summed E-state index contributed by atoms with van der Waals surface area (Å²) in [7, 11) is 0. The number of hydrogen-bond acceptors (Lipinski definition) is 3. The van der Waals surface area contributed by atoms with Crippen molar-refractivity contribution in [3.63, 3.8) is 0 Å². The number of nitrogens with one attached hydrogen (secondary N) is 1. The second-order valence-corrected chi connectivity index (χ2v) is 9.61. The van der Waals surface area contributed by atoms with E-state index in [2.05, 4.69) is 15.1 Å². The van der Waals surface area contributed by atoms with Crippen LogP contribution in [0.2, 0.25) is 0 Å². The second-order valence-electron chi connectivity index (χ2n) is 9.61. The summed E-state index contributed by atoms with van der Waals surface area (Å²) in [5.41, 5.74) is -0.0136. The van der Waals surface area contributed by atoms with Crippen molar-refractivity contribution in [2.75, 3.05) is 32.7 Å². The minimum atomic E-state index is -0.0136. The smallest absolute Gasteiger partial charge is 0.234 e. The number of piperazine rings is 1. The number of hydrogen-bond donors (Lipinski definition) is 1. The van der Waals surface area contributed by atoms with Crippen LogP contribution in [0.15, 0.2) is 0 Å². The van der Waals surface area contributed by atoms with E-state index in [1.54, 1.807) is 0 Å². The molecule has 0 spiro atoms. The molecule has 25 heavy (non-hydrogen) atoms. The summed E-state index contributed by atoms with van der Waals surface area (Å²) in [5.74, 6) is 3.07.